The molecule has 0 spiro atoms. The number of fused-ring (bicyclic) bond motifs is 2. The molecular formula is C24H28N4O6. The smallest absolute Gasteiger partial charge is 0.309 e. The molecule has 1 fully saturated rings. The van der Waals surface area contributed by atoms with Gasteiger partial charge >= 0.3 is 11.8 Å². The third-order valence-electron chi connectivity index (χ3n) is 6.31. The van der Waals surface area contributed by atoms with Gasteiger partial charge in [-0.3, -0.25) is 14.5 Å². The first kappa shape index (κ1) is 22.3. The lowest BCUT2D eigenvalue weighted by Crippen LogP contribution is -2.49. The van der Waals surface area contributed by atoms with E-state index in [9.17, 15) is 9.59 Å². The van der Waals surface area contributed by atoms with Crippen LogP contribution in [0.2, 0.25) is 0 Å². The van der Waals surface area contributed by atoms with E-state index in [1.54, 1.807) is 12.1 Å². The monoisotopic (exact) mass is 468 g/mol. The Bertz CT molecular complexity index is 1070. The molecule has 1 atom stereocenters. The molecule has 3 aliphatic rings. The second-order valence-electron chi connectivity index (χ2n) is 8.55. The highest BCUT2D eigenvalue weighted by molar-refractivity contribution is 6.35. The Hall–Kier alpha value is -3.50. The number of piperazine rings is 1. The minimum Gasteiger partial charge on any atom is -0.454 e. The standard InChI is InChI=1S/C24H28N4O6/c1-27-6-8-28(9-7-27)18(17-3-5-20-22(11-17)34-15-32-20)13-26-24(30)23(29)25-12-16-2-4-19-21(10-16)33-14-31-19/h2-5,10-11,18H,6-9,12-15H2,1H3,(H,25,29)(H,26,30)/t18-/m1/s1. The van der Waals surface area contributed by atoms with Gasteiger partial charge in [0.1, 0.15) is 0 Å². The third-order valence-corrected chi connectivity index (χ3v) is 6.31. The zero-order chi connectivity index (χ0) is 23.5. The number of nitrogens with one attached hydrogen (secondary N) is 2. The van der Waals surface area contributed by atoms with Crippen LogP contribution in [0.1, 0.15) is 17.2 Å². The van der Waals surface area contributed by atoms with Crippen molar-refractivity contribution in [1.29, 1.82) is 0 Å². The number of rotatable bonds is 6. The summed E-state index contributed by atoms with van der Waals surface area (Å²) >= 11 is 0. The Labute approximate surface area is 197 Å². The van der Waals surface area contributed by atoms with Gasteiger partial charge < -0.3 is 34.5 Å². The molecule has 10 nitrogen and oxygen atoms in total. The van der Waals surface area contributed by atoms with Crippen molar-refractivity contribution in [2.75, 3.05) is 53.4 Å². The van der Waals surface area contributed by atoms with E-state index in [4.69, 9.17) is 18.9 Å². The van der Waals surface area contributed by atoms with E-state index < -0.39 is 11.8 Å². The van der Waals surface area contributed by atoms with Crippen LogP contribution in [0, 0.1) is 0 Å². The molecule has 5 rings (SSSR count). The fourth-order valence-corrected chi connectivity index (χ4v) is 4.29. The normalized spacial score (nSPS) is 17.9. The maximum absolute atomic E-state index is 12.6. The zero-order valence-corrected chi connectivity index (χ0v) is 19.0. The summed E-state index contributed by atoms with van der Waals surface area (Å²) in [6.07, 6.45) is 0. The van der Waals surface area contributed by atoms with Crippen LogP contribution in [0.25, 0.3) is 0 Å². The van der Waals surface area contributed by atoms with Crippen molar-refractivity contribution >= 4 is 11.8 Å². The van der Waals surface area contributed by atoms with Crippen LogP contribution >= 0.6 is 0 Å². The van der Waals surface area contributed by atoms with E-state index >= 15 is 0 Å². The highest BCUT2D eigenvalue weighted by atomic mass is 16.7. The highest BCUT2D eigenvalue weighted by Gasteiger charge is 2.27. The first-order chi connectivity index (χ1) is 16.6. The third kappa shape index (κ3) is 4.87. The molecule has 3 aliphatic heterocycles. The van der Waals surface area contributed by atoms with E-state index in [-0.39, 0.29) is 26.2 Å². The predicted octanol–water partition coefficient (Wildman–Crippen LogP) is 0.865. The van der Waals surface area contributed by atoms with Gasteiger partial charge in [0.05, 0.1) is 6.04 Å². The van der Waals surface area contributed by atoms with E-state index in [2.05, 4.69) is 27.5 Å². The molecule has 34 heavy (non-hydrogen) atoms. The van der Waals surface area contributed by atoms with Crippen LogP contribution in [0.15, 0.2) is 36.4 Å². The molecule has 3 heterocycles. The Kier molecular flexibility index (Phi) is 6.41. The Balaban J connectivity index is 1.20. The average molecular weight is 469 g/mol. The van der Waals surface area contributed by atoms with Gasteiger partial charge in [-0.15, -0.1) is 0 Å². The van der Waals surface area contributed by atoms with Crippen molar-refractivity contribution in [2.45, 2.75) is 12.6 Å². The van der Waals surface area contributed by atoms with Crippen LogP contribution in [-0.2, 0) is 16.1 Å². The molecule has 2 N–H and O–H groups in total. The topological polar surface area (TPSA) is 102 Å². The van der Waals surface area contributed by atoms with Gasteiger partial charge in [0.25, 0.3) is 0 Å². The summed E-state index contributed by atoms with van der Waals surface area (Å²) in [5.41, 5.74) is 1.83. The second kappa shape index (κ2) is 9.78. The maximum Gasteiger partial charge on any atom is 0.309 e. The first-order valence-electron chi connectivity index (χ1n) is 11.3. The summed E-state index contributed by atoms with van der Waals surface area (Å²) in [6.45, 7) is 4.51. The molecule has 2 aromatic carbocycles. The molecule has 180 valence electrons. The largest absolute Gasteiger partial charge is 0.454 e. The lowest BCUT2D eigenvalue weighted by atomic mass is 10.0. The number of carbonyl (C=O) groups is 2. The van der Waals surface area contributed by atoms with Crippen molar-refractivity contribution < 1.29 is 28.5 Å². The van der Waals surface area contributed by atoms with Gasteiger partial charge in [-0.05, 0) is 42.4 Å². The van der Waals surface area contributed by atoms with E-state index in [0.717, 1.165) is 37.3 Å². The molecule has 0 aliphatic carbocycles. The molecule has 0 radical (unpaired) electrons. The quantitative estimate of drug-likeness (QED) is 0.603. The maximum atomic E-state index is 12.6. The Morgan fingerprint density at radius 2 is 1.44 bits per heavy atom. The minimum atomic E-state index is -0.680. The summed E-state index contributed by atoms with van der Waals surface area (Å²) in [6, 6.07) is 11.2. The highest BCUT2D eigenvalue weighted by Crippen LogP contribution is 2.35. The van der Waals surface area contributed by atoms with Gasteiger partial charge in [0, 0.05) is 39.3 Å². The lowest BCUT2D eigenvalue weighted by Gasteiger charge is -2.38. The van der Waals surface area contributed by atoms with Crippen LogP contribution in [0.5, 0.6) is 23.0 Å². The Morgan fingerprint density at radius 1 is 0.824 bits per heavy atom. The number of ether oxygens (including phenoxy) is 4. The van der Waals surface area contributed by atoms with Crippen molar-refractivity contribution in [3.05, 3.63) is 47.5 Å². The number of carbonyl (C=O) groups excluding carboxylic acids is 2. The molecule has 0 bridgehead atoms. The van der Waals surface area contributed by atoms with E-state index in [1.165, 1.54) is 0 Å². The SMILES string of the molecule is CN1CCN([C@H](CNC(=O)C(=O)NCc2ccc3c(c2)OCO3)c2ccc3c(c2)OCO3)CC1. The number of benzene rings is 2. The van der Waals surface area contributed by atoms with Crippen molar-refractivity contribution in [3.63, 3.8) is 0 Å². The molecule has 2 amide bonds. The molecule has 0 aromatic heterocycles. The lowest BCUT2D eigenvalue weighted by molar-refractivity contribution is -0.139. The zero-order valence-electron chi connectivity index (χ0n) is 19.0. The second-order valence-corrected chi connectivity index (χ2v) is 8.55. The van der Waals surface area contributed by atoms with Gasteiger partial charge in [-0.25, -0.2) is 0 Å². The molecular weight excluding hydrogens is 440 g/mol. The van der Waals surface area contributed by atoms with Crippen molar-refractivity contribution in [2.24, 2.45) is 0 Å². The van der Waals surface area contributed by atoms with Gasteiger partial charge in [0.2, 0.25) is 13.6 Å². The summed E-state index contributed by atoms with van der Waals surface area (Å²) in [7, 11) is 2.10. The molecule has 2 aromatic rings. The van der Waals surface area contributed by atoms with Crippen LogP contribution in [-0.4, -0.2) is 75.0 Å². The van der Waals surface area contributed by atoms with E-state index in [1.807, 2.05) is 24.3 Å². The fraction of sp³-hybridized carbons (Fsp3) is 0.417. The minimum absolute atomic E-state index is 0.0891. The van der Waals surface area contributed by atoms with Crippen molar-refractivity contribution in [1.82, 2.24) is 20.4 Å². The molecule has 10 heteroatoms. The Morgan fingerprint density at radius 3 is 2.18 bits per heavy atom. The van der Waals surface area contributed by atoms with Gasteiger partial charge in [-0.1, -0.05) is 12.1 Å². The van der Waals surface area contributed by atoms with Crippen molar-refractivity contribution in [3.8, 4) is 23.0 Å². The van der Waals surface area contributed by atoms with Crippen LogP contribution in [0.3, 0.4) is 0 Å². The fourth-order valence-electron chi connectivity index (χ4n) is 4.29. The first-order valence-corrected chi connectivity index (χ1v) is 11.3. The summed E-state index contributed by atoms with van der Waals surface area (Å²) < 4.78 is 21.6. The van der Waals surface area contributed by atoms with Gasteiger partial charge in [0.15, 0.2) is 23.0 Å². The van der Waals surface area contributed by atoms with Gasteiger partial charge in [-0.2, -0.15) is 0 Å². The number of amides is 2. The molecule has 0 unspecified atom stereocenters. The summed E-state index contributed by atoms with van der Waals surface area (Å²) in [5, 5.41) is 5.48. The number of likely N-dealkylation sites (N-methyl/N-ethyl adjacent to an activating group) is 1. The predicted molar refractivity (Wildman–Crippen MR) is 122 cm³/mol. The molecule has 0 saturated carbocycles. The number of nitrogens with zero attached hydrogens (tertiary/aromatic N) is 2. The summed E-state index contributed by atoms with van der Waals surface area (Å²) in [5.74, 6) is 1.37. The van der Waals surface area contributed by atoms with Crippen LogP contribution < -0.4 is 29.6 Å². The average Bonchev–Trinajstić information content (AvgIpc) is 3.52. The number of hydrogen-bond donors (Lipinski definition) is 2. The van der Waals surface area contributed by atoms with Crippen LogP contribution in [0.4, 0.5) is 0 Å². The molecule has 1 saturated heterocycles. The summed E-state index contributed by atoms with van der Waals surface area (Å²) in [4.78, 5) is 29.6. The number of hydrogen-bond acceptors (Lipinski definition) is 8. The van der Waals surface area contributed by atoms with E-state index in [0.29, 0.717) is 29.5 Å².